The van der Waals surface area contributed by atoms with E-state index in [9.17, 15) is 26.4 Å². The van der Waals surface area contributed by atoms with Gasteiger partial charge in [-0.05, 0) is 63.4 Å². The lowest BCUT2D eigenvalue weighted by Gasteiger charge is -2.33. The van der Waals surface area contributed by atoms with E-state index in [0.717, 1.165) is 6.07 Å². The number of sulfone groups is 1. The minimum Gasteiger partial charge on any atom is -0.444 e. The molecule has 1 aliphatic rings. The Morgan fingerprint density at radius 1 is 1.11 bits per heavy atom. The number of carbonyl (C=O) groups excluding carboxylic acids is 1. The predicted molar refractivity (Wildman–Crippen MR) is 133 cm³/mol. The molecule has 1 N–H and O–H groups in total. The van der Waals surface area contributed by atoms with E-state index in [4.69, 9.17) is 16.3 Å². The van der Waals surface area contributed by atoms with Crippen molar-refractivity contribution in [3.05, 3.63) is 47.0 Å². The van der Waals surface area contributed by atoms with E-state index in [1.54, 1.807) is 20.8 Å². The number of thiol groups is 1. The van der Waals surface area contributed by atoms with Crippen molar-refractivity contribution in [3.63, 3.8) is 0 Å². The number of anilines is 1. The van der Waals surface area contributed by atoms with Crippen LogP contribution in [0.15, 0.2) is 41.3 Å². The molecule has 0 unspecified atom stereocenters. The molecule has 2 aromatic carbocycles. The molecule has 0 atom stereocenters. The van der Waals surface area contributed by atoms with Crippen LogP contribution in [-0.2, 0) is 20.8 Å². The molecule has 35 heavy (non-hydrogen) atoms. The average molecular weight is 551 g/mol. The Morgan fingerprint density at radius 3 is 2.17 bits per heavy atom. The van der Waals surface area contributed by atoms with Crippen LogP contribution in [0.25, 0.3) is 11.1 Å². The summed E-state index contributed by atoms with van der Waals surface area (Å²) in [6, 6.07) is 7.39. The predicted octanol–water partition coefficient (Wildman–Crippen LogP) is 6.46. The first-order valence-electron chi connectivity index (χ1n) is 10.8. The molecular formula is C23H26ClF3N2O4S2. The van der Waals surface area contributed by atoms with Gasteiger partial charge in [0.05, 0.1) is 20.7 Å². The number of piperidine rings is 1. The largest absolute Gasteiger partial charge is 0.444 e. The van der Waals surface area contributed by atoms with Gasteiger partial charge in [-0.1, -0.05) is 36.5 Å². The highest BCUT2D eigenvalue weighted by Crippen LogP contribution is 2.43. The summed E-state index contributed by atoms with van der Waals surface area (Å²) in [7, 11) is -3.76. The average Bonchev–Trinajstić information content (AvgIpc) is 2.77. The molecular weight excluding hydrogens is 525 g/mol. The number of amides is 1. The number of hydrogen-bond acceptors (Lipinski definition) is 6. The zero-order chi connectivity index (χ0) is 26.2. The first-order valence-corrected chi connectivity index (χ1v) is 13.1. The summed E-state index contributed by atoms with van der Waals surface area (Å²) in [6.07, 6.45) is -4.72. The first kappa shape index (κ1) is 27.5. The molecule has 6 nitrogen and oxygen atoms in total. The first-order chi connectivity index (χ1) is 16.1. The lowest BCUT2D eigenvalue weighted by molar-refractivity contribution is -0.137. The molecule has 2 aromatic rings. The minimum atomic E-state index is -4.69. The molecule has 1 aliphatic heterocycles. The van der Waals surface area contributed by atoms with E-state index in [0.29, 0.717) is 0 Å². The van der Waals surface area contributed by atoms with Gasteiger partial charge in [-0.25, -0.2) is 13.2 Å². The lowest BCUT2D eigenvalue weighted by atomic mass is 9.98. The number of nitrogens with zero attached hydrogens (tertiary/aromatic N) is 1. The minimum absolute atomic E-state index is 0.00436. The Hall–Kier alpha value is -2.11. The van der Waals surface area contributed by atoms with Crippen LogP contribution in [0.1, 0.15) is 39.2 Å². The van der Waals surface area contributed by atoms with Gasteiger partial charge in [0.25, 0.3) is 0 Å². The fourth-order valence-electron chi connectivity index (χ4n) is 3.87. The van der Waals surface area contributed by atoms with Crippen molar-refractivity contribution >= 4 is 46.0 Å². The Balaban J connectivity index is 1.82. The molecule has 0 aliphatic carbocycles. The van der Waals surface area contributed by atoms with Crippen LogP contribution in [0.5, 0.6) is 0 Å². The van der Waals surface area contributed by atoms with Gasteiger partial charge in [0, 0.05) is 24.3 Å². The van der Waals surface area contributed by atoms with Gasteiger partial charge in [0.1, 0.15) is 5.60 Å². The van der Waals surface area contributed by atoms with Gasteiger partial charge >= 0.3 is 12.3 Å². The molecule has 192 valence electrons. The second kappa shape index (κ2) is 10.1. The summed E-state index contributed by atoms with van der Waals surface area (Å²) in [5.74, 6) is 0. The topological polar surface area (TPSA) is 75.7 Å². The van der Waals surface area contributed by atoms with Gasteiger partial charge in [-0.3, -0.25) is 0 Å². The molecule has 0 saturated carbocycles. The monoisotopic (exact) mass is 550 g/mol. The number of benzene rings is 2. The summed E-state index contributed by atoms with van der Waals surface area (Å²) in [5.41, 5.74) is -1.66. The number of ether oxygens (including phenoxy) is 1. The van der Waals surface area contributed by atoms with E-state index < -0.39 is 38.5 Å². The number of halogens is 4. The zero-order valence-corrected chi connectivity index (χ0v) is 21.8. The van der Waals surface area contributed by atoms with Crippen LogP contribution < -0.4 is 4.72 Å². The van der Waals surface area contributed by atoms with Crippen LogP contribution in [0, 0.1) is 0 Å². The van der Waals surface area contributed by atoms with E-state index in [1.807, 2.05) is 0 Å². The van der Waals surface area contributed by atoms with E-state index in [2.05, 4.69) is 17.5 Å². The number of hydrogen-bond donors (Lipinski definition) is 2. The van der Waals surface area contributed by atoms with E-state index in [1.165, 1.54) is 35.2 Å². The normalized spacial score (nSPS) is 15.7. The van der Waals surface area contributed by atoms with Gasteiger partial charge in [-0.2, -0.15) is 13.2 Å². The maximum atomic E-state index is 13.7. The number of alkyl halides is 3. The van der Waals surface area contributed by atoms with Crippen LogP contribution in [0.2, 0.25) is 5.02 Å². The molecule has 0 radical (unpaired) electrons. The van der Waals surface area contributed by atoms with Crippen molar-refractivity contribution in [2.24, 2.45) is 0 Å². The van der Waals surface area contributed by atoms with Gasteiger partial charge < -0.3 is 14.4 Å². The van der Waals surface area contributed by atoms with Crippen molar-refractivity contribution in [1.82, 2.24) is 4.90 Å². The van der Waals surface area contributed by atoms with Crippen LogP contribution in [0.3, 0.4) is 0 Å². The Morgan fingerprint density at radius 2 is 1.69 bits per heavy atom. The van der Waals surface area contributed by atoms with E-state index in [-0.39, 0.29) is 52.7 Å². The second-order valence-electron chi connectivity index (χ2n) is 9.23. The fourth-order valence-corrected chi connectivity index (χ4v) is 6.06. The van der Waals surface area contributed by atoms with Crippen molar-refractivity contribution in [3.8, 4) is 11.1 Å². The Labute approximate surface area is 213 Å². The molecule has 3 rings (SSSR count). The number of likely N-dealkylation sites (tertiary alicyclic amines) is 1. The SMILES string of the molecule is CC(C)(C)OC(=O)N1CCC(S(=O)(=O)c2ccc(-c3c(Cl)cc(NS)cc3C(F)(F)F)cc2)CC1. The lowest BCUT2D eigenvalue weighted by Crippen LogP contribution is -2.44. The van der Waals surface area contributed by atoms with Crippen LogP contribution >= 0.6 is 24.4 Å². The molecule has 0 spiro atoms. The van der Waals surface area contributed by atoms with Gasteiger partial charge in [0.2, 0.25) is 0 Å². The highest BCUT2D eigenvalue weighted by atomic mass is 35.5. The highest BCUT2D eigenvalue weighted by Gasteiger charge is 2.36. The molecule has 1 heterocycles. The summed E-state index contributed by atoms with van der Waals surface area (Å²) in [6.45, 7) is 5.71. The smallest absolute Gasteiger partial charge is 0.417 e. The summed E-state index contributed by atoms with van der Waals surface area (Å²) >= 11 is 9.93. The Kier molecular flexibility index (Phi) is 7.93. The molecule has 12 heteroatoms. The van der Waals surface area contributed by atoms with E-state index >= 15 is 0 Å². The van der Waals surface area contributed by atoms with Crippen molar-refractivity contribution in [2.75, 3.05) is 17.8 Å². The molecule has 1 fully saturated rings. The molecule has 1 amide bonds. The second-order valence-corrected chi connectivity index (χ2v) is 12.1. The maximum absolute atomic E-state index is 13.7. The van der Waals surface area contributed by atoms with Gasteiger partial charge in [-0.15, -0.1) is 0 Å². The van der Waals surface area contributed by atoms with Crippen molar-refractivity contribution in [2.45, 2.75) is 55.5 Å². The quantitative estimate of drug-likeness (QED) is 0.428. The van der Waals surface area contributed by atoms with Gasteiger partial charge in [0.15, 0.2) is 9.84 Å². The number of nitrogens with one attached hydrogen (secondary N) is 1. The standard InChI is InChI=1S/C23H26ClF3N2O4S2/c1-22(2,3)33-21(30)29-10-8-17(9-11-29)35(31,32)16-6-4-14(5-7-16)20-18(23(25,26)27)12-15(28-34)13-19(20)24/h4-7,12-13,17,28,34H,8-11H2,1-3H3. The Bertz CT molecular complexity index is 1190. The van der Waals surface area contributed by atoms with Crippen LogP contribution in [-0.4, -0.2) is 43.4 Å². The van der Waals surface area contributed by atoms with Crippen molar-refractivity contribution in [1.29, 1.82) is 0 Å². The highest BCUT2D eigenvalue weighted by molar-refractivity contribution is 7.92. The fraction of sp³-hybridized carbons (Fsp3) is 0.435. The molecule has 0 aromatic heterocycles. The molecule has 0 bridgehead atoms. The summed E-state index contributed by atoms with van der Waals surface area (Å²) in [4.78, 5) is 13.7. The number of carbonyl (C=O) groups is 1. The maximum Gasteiger partial charge on any atom is 0.417 e. The molecule has 1 saturated heterocycles. The van der Waals surface area contributed by atoms with Crippen molar-refractivity contribution < 1.29 is 31.1 Å². The summed E-state index contributed by atoms with van der Waals surface area (Å²) in [5, 5.41) is -0.872. The summed E-state index contributed by atoms with van der Waals surface area (Å²) < 4.78 is 75.0. The zero-order valence-electron chi connectivity index (χ0n) is 19.3. The third kappa shape index (κ3) is 6.37. The number of rotatable bonds is 4. The third-order valence-corrected chi connectivity index (χ3v) is 8.36. The third-order valence-electron chi connectivity index (χ3n) is 5.53. The van der Waals surface area contributed by atoms with Crippen LogP contribution in [0.4, 0.5) is 23.7 Å².